The molecule has 7 bridgehead atoms. The van der Waals surface area contributed by atoms with Gasteiger partial charge in [0, 0.05) is 27.7 Å². The summed E-state index contributed by atoms with van der Waals surface area (Å²) in [5.74, 6) is 9.83. The van der Waals surface area contributed by atoms with Gasteiger partial charge in [0.2, 0.25) is 0 Å². The highest BCUT2D eigenvalue weighted by Crippen LogP contribution is 2.79. The minimum absolute atomic E-state index is 0.0465. The molecule has 71 heavy (non-hydrogen) atoms. The van der Waals surface area contributed by atoms with Gasteiger partial charge in [-0.05, 0) is 198 Å². The Morgan fingerprint density at radius 1 is 0.380 bits per heavy atom. The number of ether oxygens (including phenoxy) is 1. The van der Waals surface area contributed by atoms with Crippen molar-refractivity contribution in [3.63, 3.8) is 0 Å². The largest absolute Gasteiger partial charge is 0.457 e. The molecule has 346 valence electrons. The van der Waals surface area contributed by atoms with E-state index in [9.17, 15) is 0 Å². The molecule has 8 aromatic rings. The first-order chi connectivity index (χ1) is 35.0. The van der Waals surface area contributed by atoms with Crippen molar-refractivity contribution in [3.05, 3.63) is 197 Å². The SMILES string of the molecule is c1cc(-c2cccc(-c3cccc4c3-c3ccccc3C43c4ccccc4Oc4ccccc43)c2)cc(-c2nc(-c3ccccc3C34CC5C[C@@H]6C[C@H](C3)C[C@]56C4)nc(C34C[C@H]5C[C@H](C3)C[C@@H](C4)C5)n2)c1. The first-order valence-electron chi connectivity index (χ1n) is 27.1. The van der Waals surface area contributed by atoms with Gasteiger partial charge in [-0.3, -0.25) is 0 Å². The third-order valence-corrected chi connectivity index (χ3v) is 20.9. The van der Waals surface area contributed by atoms with Crippen LogP contribution in [-0.2, 0) is 16.2 Å². The van der Waals surface area contributed by atoms with Crippen LogP contribution in [0.25, 0.3) is 56.2 Å². The number of hydrogen-bond acceptors (Lipinski definition) is 4. The fourth-order valence-corrected chi connectivity index (χ4v) is 18.9. The van der Waals surface area contributed by atoms with Gasteiger partial charge in [-0.2, -0.15) is 0 Å². The fraction of sp³-hybridized carbons (Fsp3) is 0.328. The summed E-state index contributed by atoms with van der Waals surface area (Å²) in [5, 5.41) is 0. The summed E-state index contributed by atoms with van der Waals surface area (Å²) in [6.07, 6.45) is 16.4. The van der Waals surface area contributed by atoms with Crippen molar-refractivity contribution in [2.45, 2.75) is 93.3 Å². The van der Waals surface area contributed by atoms with Crippen LogP contribution in [0.4, 0.5) is 0 Å². The first kappa shape index (κ1) is 40.0. The van der Waals surface area contributed by atoms with E-state index in [2.05, 4.69) is 164 Å². The smallest absolute Gasteiger partial charge is 0.164 e. The molecule has 5 atom stereocenters. The van der Waals surface area contributed by atoms with Gasteiger partial charge in [0.05, 0.1) is 5.41 Å². The summed E-state index contributed by atoms with van der Waals surface area (Å²) in [6.45, 7) is 0. The van der Waals surface area contributed by atoms with E-state index in [4.69, 9.17) is 19.7 Å². The molecule has 0 radical (unpaired) electrons. The van der Waals surface area contributed by atoms with Crippen LogP contribution < -0.4 is 4.74 Å². The van der Waals surface area contributed by atoms with E-state index < -0.39 is 5.41 Å². The van der Waals surface area contributed by atoms with Gasteiger partial charge in [0.1, 0.15) is 17.3 Å². The second-order valence-electron chi connectivity index (χ2n) is 24.4. The van der Waals surface area contributed by atoms with Crippen molar-refractivity contribution in [1.29, 1.82) is 0 Å². The molecule has 0 N–H and O–H groups in total. The maximum atomic E-state index is 6.65. The molecule has 2 spiro atoms. The van der Waals surface area contributed by atoms with Gasteiger partial charge >= 0.3 is 0 Å². The summed E-state index contributed by atoms with van der Waals surface area (Å²) in [5.41, 5.74) is 16.6. The van der Waals surface area contributed by atoms with Gasteiger partial charge in [-0.15, -0.1) is 0 Å². The van der Waals surface area contributed by atoms with Gasteiger partial charge < -0.3 is 4.74 Å². The van der Waals surface area contributed by atoms with Gasteiger partial charge in [-0.25, -0.2) is 15.0 Å². The molecule has 2 unspecified atom stereocenters. The van der Waals surface area contributed by atoms with Crippen LogP contribution in [0, 0.1) is 40.9 Å². The van der Waals surface area contributed by atoms with Crippen molar-refractivity contribution in [1.82, 2.24) is 15.0 Å². The third kappa shape index (κ3) is 5.34. The number of para-hydroxylation sites is 2. The van der Waals surface area contributed by atoms with Crippen LogP contribution in [-0.4, -0.2) is 15.0 Å². The van der Waals surface area contributed by atoms with E-state index >= 15 is 0 Å². The Labute approximate surface area is 417 Å². The van der Waals surface area contributed by atoms with Crippen LogP contribution in [0.3, 0.4) is 0 Å². The Morgan fingerprint density at radius 3 is 1.69 bits per heavy atom. The predicted molar refractivity (Wildman–Crippen MR) is 281 cm³/mol. The second-order valence-corrected chi connectivity index (χ2v) is 24.4. The Balaban J connectivity index is 0.797. The van der Waals surface area contributed by atoms with Crippen molar-refractivity contribution in [2.75, 3.05) is 0 Å². The first-order valence-corrected chi connectivity index (χ1v) is 27.1. The summed E-state index contributed by atoms with van der Waals surface area (Å²) in [7, 11) is 0. The Kier molecular flexibility index (Phi) is 7.92. The molecule has 8 fully saturated rings. The molecule has 1 aromatic heterocycles. The van der Waals surface area contributed by atoms with E-state index in [1.807, 2.05) is 0 Å². The Morgan fingerprint density at radius 2 is 0.944 bits per heavy atom. The average Bonchev–Trinajstić information content (AvgIpc) is 3.90. The zero-order valence-electron chi connectivity index (χ0n) is 40.3. The fourth-order valence-electron chi connectivity index (χ4n) is 18.9. The zero-order chi connectivity index (χ0) is 46.3. The normalized spacial score (nSPS) is 30.8. The number of hydrogen-bond donors (Lipinski definition) is 0. The minimum Gasteiger partial charge on any atom is -0.457 e. The molecule has 18 rings (SSSR count). The zero-order valence-corrected chi connectivity index (χ0v) is 40.3. The minimum atomic E-state index is -0.506. The quantitative estimate of drug-likeness (QED) is 0.167. The highest BCUT2D eigenvalue weighted by molar-refractivity contribution is 5.97. The van der Waals surface area contributed by atoms with Crippen LogP contribution in [0.5, 0.6) is 11.5 Å². The van der Waals surface area contributed by atoms with Crippen molar-refractivity contribution in [2.24, 2.45) is 40.9 Å². The summed E-state index contributed by atoms with van der Waals surface area (Å²) in [6, 6.07) is 61.0. The molecule has 2 heterocycles. The lowest BCUT2D eigenvalue weighted by Gasteiger charge is -2.56. The van der Waals surface area contributed by atoms with E-state index in [1.165, 1.54) is 144 Å². The summed E-state index contributed by atoms with van der Waals surface area (Å²) in [4.78, 5) is 17.0. The molecule has 0 saturated heterocycles. The van der Waals surface area contributed by atoms with Crippen LogP contribution in [0.1, 0.15) is 111 Å². The van der Waals surface area contributed by atoms with Gasteiger partial charge in [-0.1, -0.05) is 140 Å². The van der Waals surface area contributed by atoms with Crippen LogP contribution in [0.15, 0.2) is 164 Å². The lowest BCUT2D eigenvalue weighted by Crippen LogP contribution is -2.49. The molecule has 8 saturated carbocycles. The molecule has 4 nitrogen and oxygen atoms in total. The second kappa shape index (κ2) is 14.1. The number of nitrogens with zero attached hydrogens (tertiary/aromatic N) is 3. The number of fused-ring (bicyclic) bond motifs is 11. The molecule has 1 aliphatic heterocycles. The van der Waals surface area contributed by atoms with Gasteiger partial charge in [0.25, 0.3) is 0 Å². The highest BCUT2D eigenvalue weighted by Gasteiger charge is 2.71. The highest BCUT2D eigenvalue weighted by atomic mass is 16.5. The van der Waals surface area contributed by atoms with Crippen molar-refractivity contribution >= 4 is 0 Å². The topological polar surface area (TPSA) is 47.9 Å². The maximum Gasteiger partial charge on any atom is 0.164 e. The molecule has 9 aliphatic carbocycles. The molecule has 0 amide bonds. The summed E-state index contributed by atoms with van der Waals surface area (Å²) < 4.78 is 6.65. The van der Waals surface area contributed by atoms with Crippen molar-refractivity contribution < 1.29 is 4.74 Å². The molecule has 10 aliphatic rings. The van der Waals surface area contributed by atoms with E-state index in [0.717, 1.165) is 70.0 Å². The van der Waals surface area contributed by atoms with E-state index in [0.29, 0.717) is 5.41 Å². The standard InChI is InChI=1S/C67H57N3O/c1-4-20-54-51(16-1)60-50(18-11-23-57(60)67(54)55-21-5-7-24-58(55)71-59-25-8-6-22-56(59)67)46-14-9-12-44(30-46)45-13-10-15-47(31-45)61-68-62(70-63(69-61)64-33-40-26-41(34-64)28-42(27-40)35-64)52-17-2-3-19-53(52)65-36-43-29-48-32-49(38-65)66(48,37-43)39-65/h1-25,30-31,40-43,48-49H,26-29,32-39H2/t40-,41-,42-,43-,48+,49?,64?,65?,66-/m1/s1. The molecule has 7 aromatic carbocycles. The van der Waals surface area contributed by atoms with Crippen molar-refractivity contribution in [3.8, 4) is 67.7 Å². The predicted octanol–water partition coefficient (Wildman–Crippen LogP) is 15.9. The molecular weight excluding hydrogens is 863 g/mol. The molecular formula is C67H57N3O. The van der Waals surface area contributed by atoms with Gasteiger partial charge in [0.15, 0.2) is 11.6 Å². The van der Waals surface area contributed by atoms with E-state index in [-0.39, 0.29) is 10.8 Å². The van der Waals surface area contributed by atoms with E-state index in [1.54, 1.807) is 0 Å². The molecule has 4 heteroatoms. The van der Waals surface area contributed by atoms with Crippen LogP contribution >= 0.6 is 0 Å². The number of aromatic nitrogens is 3. The van der Waals surface area contributed by atoms with Crippen LogP contribution in [0.2, 0.25) is 0 Å². The maximum absolute atomic E-state index is 6.65. The lowest BCUT2D eigenvalue weighted by molar-refractivity contribution is -0.00938. The monoisotopic (exact) mass is 919 g/mol. The lowest BCUT2D eigenvalue weighted by atomic mass is 9.49. The average molecular weight is 920 g/mol. The number of benzene rings is 7. The Bertz CT molecular complexity index is 3500. The summed E-state index contributed by atoms with van der Waals surface area (Å²) >= 11 is 0. The third-order valence-electron chi connectivity index (χ3n) is 20.9. The number of rotatable bonds is 6. The Hall–Kier alpha value is -6.65.